The summed E-state index contributed by atoms with van der Waals surface area (Å²) in [7, 11) is 0. The highest BCUT2D eigenvalue weighted by atomic mass is 16.2. The zero-order valence-corrected chi connectivity index (χ0v) is 16.7. The van der Waals surface area contributed by atoms with Crippen molar-refractivity contribution in [1.82, 2.24) is 9.97 Å². The number of carbonyl (C=O) groups is 2. The highest BCUT2D eigenvalue weighted by Gasteiger charge is 2.23. The van der Waals surface area contributed by atoms with Gasteiger partial charge in [-0.2, -0.15) is 0 Å². The van der Waals surface area contributed by atoms with E-state index in [-0.39, 0.29) is 11.8 Å². The third-order valence-electron chi connectivity index (χ3n) is 4.89. The minimum Gasteiger partial charge on any atom is -0.354 e. The Morgan fingerprint density at radius 1 is 1.14 bits per heavy atom. The van der Waals surface area contributed by atoms with Gasteiger partial charge in [0.15, 0.2) is 0 Å². The first kappa shape index (κ1) is 19.8. The zero-order valence-electron chi connectivity index (χ0n) is 16.7. The maximum Gasteiger partial charge on any atom is 0.274 e. The van der Waals surface area contributed by atoms with Gasteiger partial charge < -0.3 is 15.5 Å². The Morgan fingerprint density at radius 2 is 1.89 bits per heavy atom. The SMILES string of the molecule is CCC1CCCCN1c1cc(C(=O)Nc2cccc(NC(C)=O)c2)nc(C)n1. The Bertz CT molecular complexity index is 868. The first-order valence-corrected chi connectivity index (χ1v) is 9.77. The molecule has 2 aromatic rings. The first-order chi connectivity index (χ1) is 13.5. The second kappa shape index (κ2) is 8.82. The number of rotatable bonds is 5. The summed E-state index contributed by atoms with van der Waals surface area (Å²) in [6, 6.07) is 9.26. The number of piperidine rings is 1. The second-order valence-corrected chi connectivity index (χ2v) is 7.13. The van der Waals surface area contributed by atoms with Crippen LogP contribution in [0.2, 0.25) is 0 Å². The van der Waals surface area contributed by atoms with Crippen molar-refractivity contribution in [1.29, 1.82) is 0 Å². The number of amides is 2. The van der Waals surface area contributed by atoms with Gasteiger partial charge in [-0.05, 0) is 50.8 Å². The average Bonchev–Trinajstić information content (AvgIpc) is 2.67. The number of carbonyl (C=O) groups excluding carboxylic acids is 2. The van der Waals surface area contributed by atoms with Gasteiger partial charge in [-0.1, -0.05) is 13.0 Å². The Morgan fingerprint density at radius 3 is 2.61 bits per heavy atom. The van der Waals surface area contributed by atoms with Crippen LogP contribution in [0, 0.1) is 6.92 Å². The molecule has 7 nitrogen and oxygen atoms in total. The van der Waals surface area contributed by atoms with E-state index in [4.69, 9.17) is 0 Å². The molecule has 28 heavy (non-hydrogen) atoms. The molecule has 0 spiro atoms. The van der Waals surface area contributed by atoms with Crippen LogP contribution in [-0.2, 0) is 4.79 Å². The molecule has 1 fully saturated rings. The molecule has 2 heterocycles. The quantitative estimate of drug-likeness (QED) is 0.823. The molecule has 1 saturated heterocycles. The van der Waals surface area contributed by atoms with Crippen LogP contribution in [0.3, 0.4) is 0 Å². The van der Waals surface area contributed by atoms with E-state index in [2.05, 4.69) is 32.4 Å². The third-order valence-corrected chi connectivity index (χ3v) is 4.89. The number of nitrogens with zero attached hydrogens (tertiary/aromatic N) is 3. The Kier molecular flexibility index (Phi) is 6.23. The molecular weight excluding hydrogens is 354 g/mol. The van der Waals surface area contributed by atoms with Gasteiger partial charge in [0.1, 0.15) is 17.3 Å². The van der Waals surface area contributed by atoms with E-state index in [9.17, 15) is 9.59 Å². The molecular formula is C21H27N5O2. The molecule has 2 N–H and O–H groups in total. The number of aromatic nitrogens is 2. The van der Waals surface area contributed by atoms with Crippen LogP contribution in [0.15, 0.2) is 30.3 Å². The lowest BCUT2D eigenvalue weighted by Gasteiger charge is -2.36. The zero-order chi connectivity index (χ0) is 20.1. The normalized spacial score (nSPS) is 16.5. The lowest BCUT2D eigenvalue weighted by molar-refractivity contribution is -0.114. The number of hydrogen-bond acceptors (Lipinski definition) is 5. The smallest absolute Gasteiger partial charge is 0.274 e. The molecule has 1 aromatic heterocycles. The van der Waals surface area contributed by atoms with Gasteiger partial charge in [0.2, 0.25) is 5.91 Å². The number of nitrogens with one attached hydrogen (secondary N) is 2. The van der Waals surface area contributed by atoms with Crippen molar-refractivity contribution < 1.29 is 9.59 Å². The van der Waals surface area contributed by atoms with Gasteiger partial charge in [-0.3, -0.25) is 9.59 Å². The molecule has 3 rings (SSSR count). The molecule has 0 bridgehead atoms. The molecule has 0 radical (unpaired) electrons. The largest absolute Gasteiger partial charge is 0.354 e. The van der Waals surface area contributed by atoms with Crippen molar-refractivity contribution in [3.05, 3.63) is 41.9 Å². The van der Waals surface area contributed by atoms with Crippen LogP contribution in [0.25, 0.3) is 0 Å². The van der Waals surface area contributed by atoms with Crippen LogP contribution < -0.4 is 15.5 Å². The summed E-state index contributed by atoms with van der Waals surface area (Å²) in [4.78, 5) is 35.2. The van der Waals surface area contributed by atoms with E-state index in [1.165, 1.54) is 13.3 Å². The van der Waals surface area contributed by atoms with Crippen molar-refractivity contribution in [2.24, 2.45) is 0 Å². The van der Waals surface area contributed by atoms with Crippen LogP contribution in [0.5, 0.6) is 0 Å². The summed E-state index contributed by atoms with van der Waals surface area (Å²) in [5.41, 5.74) is 1.57. The molecule has 0 aliphatic carbocycles. The highest BCUT2D eigenvalue weighted by Crippen LogP contribution is 2.26. The van der Waals surface area contributed by atoms with E-state index in [1.54, 1.807) is 30.3 Å². The molecule has 1 atom stereocenters. The van der Waals surface area contributed by atoms with Crippen LogP contribution in [-0.4, -0.2) is 34.4 Å². The maximum absolute atomic E-state index is 12.8. The molecule has 1 unspecified atom stereocenters. The van der Waals surface area contributed by atoms with Gasteiger partial charge in [-0.25, -0.2) is 9.97 Å². The van der Waals surface area contributed by atoms with Gasteiger partial charge in [0.25, 0.3) is 5.91 Å². The fraction of sp³-hybridized carbons (Fsp3) is 0.429. The van der Waals surface area contributed by atoms with Gasteiger partial charge >= 0.3 is 0 Å². The third kappa shape index (κ3) is 4.85. The van der Waals surface area contributed by atoms with Crippen LogP contribution >= 0.6 is 0 Å². The van der Waals surface area contributed by atoms with Gasteiger partial charge in [0, 0.05) is 37.0 Å². The maximum atomic E-state index is 12.8. The summed E-state index contributed by atoms with van der Waals surface area (Å²) in [5.74, 6) is 0.939. The lowest BCUT2D eigenvalue weighted by Crippen LogP contribution is -2.40. The van der Waals surface area contributed by atoms with Crippen LogP contribution in [0.1, 0.15) is 55.8 Å². The van der Waals surface area contributed by atoms with Crippen molar-refractivity contribution >= 4 is 29.0 Å². The molecule has 2 amide bonds. The van der Waals surface area contributed by atoms with Crippen LogP contribution in [0.4, 0.5) is 17.2 Å². The second-order valence-electron chi connectivity index (χ2n) is 7.13. The topological polar surface area (TPSA) is 87.2 Å². The van der Waals surface area contributed by atoms with Crippen molar-refractivity contribution in [2.75, 3.05) is 22.1 Å². The molecule has 1 aliphatic heterocycles. The predicted molar refractivity (Wildman–Crippen MR) is 111 cm³/mol. The van der Waals surface area contributed by atoms with E-state index in [0.29, 0.717) is 28.9 Å². The minimum atomic E-state index is -0.295. The molecule has 7 heteroatoms. The predicted octanol–water partition coefficient (Wildman–Crippen LogP) is 3.76. The van der Waals surface area contributed by atoms with E-state index in [0.717, 1.165) is 31.6 Å². The number of hydrogen-bond donors (Lipinski definition) is 2. The fourth-order valence-electron chi connectivity index (χ4n) is 3.62. The minimum absolute atomic E-state index is 0.161. The first-order valence-electron chi connectivity index (χ1n) is 9.77. The standard InChI is InChI=1S/C21H27N5O2/c1-4-18-10-5-6-11-26(18)20-13-19(22-14(2)23-20)21(28)25-17-9-7-8-16(12-17)24-15(3)27/h7-9,12-13,18H,4-6,10-11H2,1-3H3,(H,24,27)(H,25,28). The monoisotopic (exact) mass is 381 g/mol. The van der Waals surface area contributed by atoms with Gasteiger partial charge in [0.05, 0.1) is 0 Å². The molecule has 1 aliphatic rings. The Hall–Kier alpha value is -2.96. The highest BCUT2D eigenvalue weighted by molar-refractivity contribution is 6.03. The number of aryl methyl sites for hydroxylation is 1. The summed E-state index contributed by atoms with van der Waals surface area (Å²) < 4.78 is 0. The Balaban J connectivity index is 1.80. The lowest BCUT2D eigenvalue weighted by atomic mass is 10.00. The summed E-state index contributed by atoms with van der Waals surface area (Å²) in [5, 5.41) is 5.56. The van der Waals surface area contributed by atoms with Crippen molar-refractivity contribution in [3.63, 3.8) is 0 Å². The van der Waals surface area contributed by atoms with Crippen molar-refractivity contribution in [3.8, 4) is 0 Å². The fourth-order valence-corrected chi connectivity index (χ4v) is 3.62. The number of anilines is 3. The summed E-state index contributed by atoms with van der Waals surface area (Å²) in [6.45, 7) is 6.39. The number of benzene rings is 1. The average molecular weight is 381 g/mol. The molecule has 1 aromatic carbocycles. The molecule has 148 valence electrons. The molecule has 0 saturated carbocycles. The summed E-state index contributed by atoms with van der Waals surface area (Å²) >= 11 is 0. The Labute approximate surface area is 165 Å². The van der Waals surface area contributed by atoms with E-state index >= 15 is 0 Å². The van der Waals surface area contributed by atoms with E-state index < -0.39 is 0 Å². The summed E-state index contributed by atoms with van der Waals surface area (Å²) in [6.07, 6.45) is 4.58. The van der Waals surface area contributed by atoms with Crippen molar-refractivity contribution in [2.45, 2.75) is 52.5 Å². The van der Waals surface area contributed by atoms with Gasteiger partial charge in [-0.15, -0.1) is 0 Å². The van der Waals surface area contributed by atoms with E-state index in [1.807, 2.05) is 6.92 Å².